The molecule has 8 heteroatoms. The summed E-state index contributed by atoms with van der Waals surface area (Å²) in [6.45, 7) is 8.71. The molecular formula is C10H18BrN5O2. The van der Waals surface area contributed by atoms with Crippen molar-refractivity contribution in [3.05, 3.63) is 24.3 Å². The number of nitrogens with zero attached hydrogens (tertiary/aromatic N) is 1. The molecule has 0 saturated carbocycles. The van der Waals surface area contributed by atoms with Gasteiger partial charge in [0.05, 0.1) is 0 Å². The maximum Gasteiger partial charge on any atom is 0.413 e. The minimum absolute atomic E-state index is 0.0643. The Hall–Kier alpha value is -1.54. The first kappa shape index (κ1) is 16.5. The van der Waals surface area contributed by atoms with Gasteiger partial charge in [-0.3, -0.25) is 5.32 Å². The fourth-order valence-corrected chi connectivity index (χ4v) is 0.973. The molecule has 0 bridgehead atoms. The third kappa shape index (κ3) is 6.92. The SMILES string of the molecule is C=CC(Br)=N/C(NN)=C(\N)NC(=O)OC(C)(C)C. The van der Waals surface area contributed by atoms with Crippen LogP contribution in [0.5, 0.6) is 0 Å². The zero-order valence-electron chi connectivity index (χ0n) is 10.6. The topological polar surface area (TPSA) is 115 Å². The van der Waals surface area contributed by atoms with Crippen molar-refractivity contribution < 1.29 is 9.53 Å². The third-order valence-electron chi connectivity index (χ3n) is 1.41. The van der Waals surface area contributed by atoms with Gasteiger partial charge in [0.1, 0.15) is 10.2 Å². The van der Waals surface area contributed by atoms with Crippen LogP contribution in [0.4, 0.5) is 4.79 Å². The highest BCUT2D eigenvalue weighted by molar-refractivity contribution is 9.18. The average molecular weight is 320 g/mol. The van der Waals surface area contributed by atoms with E-state index in [2.05, 4.69) is 38.2 Å². The summed E-state index contributed by atoms with van der Waals surface area (Å²) in [5, 5.41) is 2.31. The Morgan fingerprint density at radius 2 is 2.06 bits per heavy atom. The van der Waals surface area contributed by atoms with E-state index in [-0.39, 0.29) is 11.6 Å². The molecule has 0 atom stereocenters. The second kappa shape index (κ2) is 7.02. The monoisotopic (exact) mass is 319 g/mol. The lowest BCUT2D eigenvalue weighted by atomic mass is 10.2. The van der Waals surface area contributed by atoms with Crippen molar-refractivity contribution >= 4 is 26.6 Å². The Morgan fingerprint density at radius 3 is 2.44 bits per heavy atom. The normalized spacial score (nSPS) is 13.5. The Bertz CT molecular complexity index is 384. The van der Waals surface area contributed by atoms with Crippen LogP contribution in [-0.4, -0.2) is 16.3 Å². The summed E-state index contributed by atoms with van der Waals surface area (Å²) in [5.41, 5.74) is 7.25. The van der Waals surface area contributed by atoms with Crippen LogP contribution in [0.25, 0.3) is 0 Å². The predicted octanol–water partition coefficient (Wildman–Crippen LogP) is 1.04. The number of allylic oxidation sites excluding steroid dienone is 1. The second-order valence-electron chi connectivity index (χ2n) is 4.17. The summed E-state index contributed by atoms with van der Waals surface area (Å²) in [6.07, 6.45) is 0.746. The molecule has 0 spiro atoms. The quantitative estimate of drug-likeness (QED) is 0.351. The van der Waals surface area contributed by atoms with Crippen LogP contribution in [0.15, 0.2) is 29.3 Å². The molecule has 0 aromatic carbocycles. The fraction of sp³-hybridized carbons (Fsp3) is 0.400. The first-order chi connectivity index (χ1) is 8.19. The Balaban J connectivity index is 4.84. The van der Waals surface area contributed by atoms with E-state index in [1.54, 1.807) is 20.8 Å². The first-order valence-electron chi connectivity index (χ1n) is 5.02. The summed E-state index contributed by atoms with van der Waals surface area (Å²) in [7, 11) is 0. The van der Waals surface area contributed by atoms with Gasteiger partial charge in [-0.15, -0.1) is 0 Å². The van der Waals surface area contributed by atoms with Crippen LogP contribution >= 0.6 is 15.9 Å². The maximum absolute atomic E-state index is 11.4. The Labute approximate surface area is 114 Å². The molecule has 0 aromatic rings. The first-order valence-corrected chi connectivity index (χ1v) is 5.82. The van der Waals surface area contributed by atoms with E-state index in [4.69, 9.17) is 16.3 Å². The molecule has 6 N–H and O–H groups in total. The zero-order chi connectivity index (χ0) is 14.3. The molecule has 0 aromatic heterocycles. The molecule has 0 saturated heterocycles. The molecule has 0 rings (SSSR count). The van der Waals surface area contributed by atoms with E-state index >= 15 is 0 Å². The maximum atomic E-state index is 11.4. The lowest BCUT2D eigenvalue weighted by Gasteiger charge is -2.20. The highest BCUT2D eigenvalue weighted by Gasteiger charge is 2.17. The number of carbonyl (C=O) groups is 1. The second-order valence-corrected chi connectivity index (χ2v) is 4.98. The van der Waals surface area contributed by atoms with Gasteiger partial charge in [-0.1, -0.05) is 6.58 Å². The predicted molar refractivity (Wildman–Crippen MR) is 74.5 cm³/mol. The van der Waals surface area contributed by atoms with Crippen molar-refractivity contribution in [2.24, 2.45) is 16.6 Å². The molecule has 0 heterocycles. The van der Waals surface area contributed by atoms with Crippen molar-refractivity contribution in [2.45, 2.75) is 26.4 Å². The highest BCUT2D eigenvalue weighted by atomic mass is 79.9. The zero-order valence-corrected chi connectivity index (χ0v) is 12.2. The van der Waals surface area contributed by atoms with Gasteiger partial charge in [-0.25, -0.2) is 15.6 Å². The molecule has 0 aliphatic rings. The van der Waals surface area contributed by atoms with Crippen LogP contribution in [0.2, 0.25) is 0 Å². The van der Waals surface area contributed by atoms with E-state index in [0.29, 0.717) is 4.62 Å². The van der Waals surface area contributed by atoms with Crippen LogP contribution in [0.1, 0.15) is 20.8 Å². The number of amides is 1. The lowest BCUT2D eigenvalue weighted by Crippen LogP contribution is -2.37. The van der Waals surface area contributed by atoms with E-state index in [1.807, 2.05) is 0 Å². The van der Waals surface area contributed by atoms with Gasteiger partial charge in [0.25, 0.3) is 0 Å². The van der Waals surface area contributed by atoms with Crippen molar-refractivity contribution in [3.63, 3.8) is 0 Å². The van der Waals surface area contributed by atoms with Crippen molar-refractivity contribution in [3.8, 4) is 0 Å². The lowest BCUT2D eigenvalue weighted by molar-refractivity contribution is 0.0544. The largest absolute Gasteiger partial charge is 0.444 e. The number of rotatable bonds is 4. The van der Waals surface area contributed by atoms with Crippen molar-refractivity contribution in [1.82, 2.24) is 10.7 Å². The molecule has 1 amide bonds. The number of halogens is 1. The van der Waals surface area contributed by atoms with Crippen LogP contribution in [-0.2, 0) is 4.74 Å². The third-order valence-corrected chi connectivity index (χ3v) is 1.92. The molecule has 102 valence electrons. The van der Waals surface area contributed by atoms with Gasteiger partial charge >= 0.3 is 6.09 Å². The molecule has 7 nitrogen and oxygen atoms in total. The highest BCUT2D eigenvalue weighted by Crippen LogP contribution is 2.07. The molecule has 0 unspecified atom stereocenters. The van der Waals surface area contributed by atoms with E-state index < -0.39 is 11.7 Å². The molecule has 18 heavy (non-hydrogen) atoms. The number of hydrazine groups is 1. The van der Waals surface area contributed by atoms with Crippen molar-refractivity contribution in [2.75, 3.05) is 0 Å². The molecule has 0 fully saturated rings. The summed E-state index contributed by atoms with van der Waals surface area (Å²) >= 11 is 3.10. The number of hydrogen-bond acceptors (Lipinski definition) is 6. The summed E-state index contributed by atoms with van der Waals surface area (Å²) in [4.78, 5) is 15.4. The molecule has 0 radical (unpaired) electrons. The van der Waals surface area contributed by atoms with Gasteiger partial charge < -0.3 is 15.9 Å². The van der Waals surface area contributed by atoms with Crippen molar-refractivity contribution in [1.29, 1.82) is 0 Å². The summed E-state index contributed by atoms with van der Waals surface area (Å²) in [6, 6.07) is 0. The molecular weight excluding hydrogens is 302 g/mol. The fourth-order valence-electron chi connectivity index (χ4n) is 0.795. The summed E-state index contributed by atoms with van der Waals surface area (Å²) in [5.74, 6) is 5.25. The van der Waals surface area contributed by atoms with Gasteiger partial charge in [-0.2, -0.15) is 0 Å². The minimum Gasteiger partial charge on any atom is -0.444 e. The van der Waals surface area contributed by atoms with Gasteiger partial charge in [0, 0.05) is 0 Å². The smallest absolute Gasteiger partial charge is 0.413 e. The van der Waals surface area contributed by atoms with E-state index in [0.717, 1.165) is 0 Å². The van der Waals surface area contributed by atoms with E-state index in [1.165, 1.54) is 6.08 Å². The standard InChI is InChI=1S/C10H18BrN5O2/c1-5-6(11)14-8(16-13)7(12)15-9(17)18-10(2,3)4/h5,16H,1,12-13H2,2-4H3,(H,15,17)/b8-7-,14-6?. The van der Waals surface area contributed by atoms with E-state index in [9.17, 15) is 4.79 Å². The Morgan fingerprint density at radius 1 is 1.50 bits per heavy atom. The number of nitrogens with one attached hydrogen (secondary N) is 2. The number of carbonyl (C=O) groups excluding carboxylic acids is 1. The van der Waals surface area contributed by atoms with Gasteiger partial charge in [-0.05, 0) is 42.8 Å². The number of aliphatic imine (C=N–C) groups is 1. The van der Waals surface area contributed by atoms with Gasteiger partial charge in [0.2, 0.25) is 0 Å². The van der Waals surface area contributed by atoms with Crippen LogP contribution < -0.4 is 22.3 Å². The van der Waals surface area contributed by atoms with Crippen LogP contribution in [0.3, 0.4) is 0 Å². The minimum atomic E-state index is -0.697. The van der Waals surface area contributed by atoms with Gasteiger partial charge in [0.15, 0.2) is 11.6 Å². The van der Waals surface area contributed by atoms with Crippen LogP contribution in [0, 0.1) is 0 Å². The molecule has 0 aliphatic carbocycles. The summed E-state index contributed by atoms with van der Waals surface area (Å²) < 4.78 is 5.43. The Kier molecular flexibility index (Phi) is 6.42. The number of nitrogens with two attached hydrogens (primary N) is 2. The number of hydrogen-bond donors (Lipinski definition) is 4. The number of alkyl carbamates (subject to hydrolysis) is 1. The average Bonchev–Trinajstić information content (AvgIpc) is 2.22. The number of ether oxygens (including phenoxy) is 1. The molecule has 0 aliphatic heterocycles.